The van der Waals surface area contributed by atoms with Crippen LogP contribution in [0.25, 0.3) is 0 Å². The monoisotopic (exact) mass is 305 g/mol. The Morgan fingerprint density at radius 3 is 2.61 bits per heavy atom. The number of nitrogens with two attached hydrogens (primary N) is 1. The summed E-state index contributed by atoms with van der Waals surface area (Å²) in [6.45, 7) is 0. The highest BCUT2D eigenvalue weighted by Gasteiger charge is 2.06. The maximum Gasteiger partial charge on any atom is 0.146 e. The molecule has 0 aromatic heterocycles. The molecule has 3 nitrogen and oxygen atoms in total. The van der Waals surface area contributed by atoms with Crippen molar-refractivity contribution in [1.82, 2.24) is 0 Å². The molecule has 5 heteroatoms. The molecule has 0 aliphatic rings. The molecule has 2 aromatic carbocycles. The van der Waals surface area contributed by atoms with E-state index in [0.29, 0.717) is 22.6 Å². The van der Waals surface area contributed by atoms with Crippen LogP contribution in [0.3, 0.4) is 0 Å². The van der Waals surface area contributed by atoms with Gasteiger partial charge in [-0.25, -0.2) is 4.39 Å². The first-order valence-electron chi connectivity index (χ1n) is 5.12. The number of nitrogens with one attached hydrogen (secondary N) is 1. The molecule has 0 saturated heterocycles. The van der Waals surface area contributed by atoms with Crippen molar-refractivity contribution in [3.8, 4) is 6.07 Å². The minimum atomic E-state index is -0.373. The Balaban J connectivity index is 2.34. The number of nitrogens with zero attached hydrogens (tertiary/aromatic N) is 1. The van der Waals surface area contributed by atoms with Crippen molar-refractivity contribution >= 4 is 33.0 Å². The van der Waals surface area contributed by atoms with Crippen LogP contribution in [0.1, 0.15) is 5.56 Å². The van der Waals surface area contributed by atoms with Gasteiger partial charge in [0.1, 0.15) is 5.82 Å². The van der Waals surface area contributed by atoms with Crippen LogP contribution in [-0.2, 0) is 0 Å². The van der Waals surface area contributed by atoms with Crippen LogP contribution in [0, 0.1) is 17.1 Å². The molecule has 0 unspecified atom stereocenters. The Labute approximate surface area is 112 Å². The van der Waals surface area contributed by atoms with E-state index >= 15 is 0 Å². The van der Waals surface area contributed by atoms with E-state index in [0.717, 1.165) is 4.47 Å². The fourth-order valence-electron chi connectivity index (χ4n) is 1.48. The van der Waals surface area contributed by atoms with Crippen LogP contribution in [0.15, 0.2) is 40.9 Å². The molecule has 0 bridgehead atoms. The minimum absolute atomic E-state index is 0.320. The second-order valence-corrected chi connectivity index (χ2v) is 4.58. The molecule has 0 aliphatic heterocycles. The summed E-state index contributed by atoms with van der Waals surface area (Å²) in [4.78, 5) is 0. The van der Waals surface area contributed by atoms with Crippen molar-refractivity contribution in [3.63, 3.8) is 0 Å². The number of hydrogen-bond acceptors (Lipinski definition) is 3. The molecule has 90 valence electrons. The molecule has 0 heterocycles. The van der Waals surface area contributed by atoms with Gasteiger partial charge >= 0.3 is 0 Å². The molecule has 0 saturated carbocycles. The number of anilines is 3. The molecule has 0 atom stereocenters. The topological polar surface area (TPSA) is 61.8 Å². The highest BCUT2D eigenvalue weighted by atomic mass is 79.9. The number of rotatable bonds is 2. The highest BCUT2D eigenvalue weighted by Crippen LogP contribution is 2.27. The molecule has 2 rings (SSSR count). The van der Waals surface area contributed by atoms with Gasteiger partial charge in [-0.15, -0.1) is 0 Å². The fourth-order valence-corrected chi connectivity index (χ4v) is 1.85. The van der Waals surface area contributed by atoms with Crippen LogP contribution in [-0.4, -0.2) is 0 Å². The average Bonchev–Trinajstić information content (AvgIpc) is 2.36. The van der Waals surface area contributed by atoms with E-state index in [4.69, 9.17) is 11.0 Å². The average molecular weight is 306 g/mol. The summed E-state index contributed by atoms with van der Waals surface area (Å²) in [6, 6.07) is 11.4. The number of halogens is 2. The fraction of sp³-hybridized carbons (Fsp3) is 0. The van der Waals surface area contributed by atoms with E-state index in [2.05, 4.69) is 21.2 Å². The van der Waals surface area contributed by atoms with Gasteiger partial charge in [0.2, 0.25) is 0 Å². The molecule has 0 aliphatic carbocycles. The molecular formula is C13H9BrFN3. The largest absolute Gasteiger partial charge is 0.397 e. The van der Waals surface area contributed by atoms with Crippen LogP contribution in [0.5, 0.6) is 0 Å². The lowest BCUT2D eigenvalue weighted by atomic mass is 10.2. The molecule has 0 fully saturated rings. The molecule has 0 spiro atoms. The van der Waals surface area contributed by atoms with Crippen molar-refractivity contribution in [1.29, 1.82) is 5.26 Å². The molecule has 18 heavy (non-hydrogen) atoms. The Bertz CT molecular complexity index is 635. The lowest BCUT2D eigenvalue weighted by Gasteiger charge is -2.10. The zero-order valence-electron chi connectivity index (χ0n) is 9.24. The van der Waals surface area contributed by atoms with Gasteiger partial charge in [0.15, 0.2) is 0 Å². The Hall–Kier alpha value is -2.06. The van der Waals surface area contributed by atoms with Crippen molar-refractivity contribution in [2.24, 2.45) is 0 Å². The molecular weight excluding hydrogens is 297 g/mol. The summed E-state index contributed by atoms with van der Waals surface area (Å²) in [5.41, 5.74) is 7.53. The third-order valence-corrected chi connectivity index (χ3v) is 2.87. The van der Waals surface area contributed by atoms with Gasteiger partial charge in [0.25, 0.3) is 0 Å². The summed E-state index contributed by atoms with van der Waals surface area (Å²) >= 11 is 3.27. The Morgan fingerprint density at radius 2 is 1.94 bits per heavy atom. The summed E-state index contributed by atoms with van der Waals surface area (Å²) < 4.78 is 14.3. The minimum Gasteiger partial charge on any atom is -0.397 e. The number of nitriles is 1. The van der Waals surface area contributed by atoms with Crippen molar-refractivity contribution < 1.29 is 4.39 Å². The predicted octanol–water partition coefficient (Wildman–Crippen LogP) is 3.79. The highest BCUT2D eigenvalue weighted by molar-refractivity contribution is 9.10. The van der Waals surface area contributed by atoms with Gasteiger partial charge in [-0.1, -0.05) is 15.9 Å². The van der Waals surface area contributed by atoms with E-state index in [1.165, 1.54) is 12.1 Å². The maximum atomic E-state index is 13.6. The van der Waals surface area contributed by atoms with Gasteiger partial charge in [-0.3, -0.25) is 0 Å². The number of hydrogen-bond donors (Lipinski definition) is 2. The lowest BCUT2D eigenvalue weighted by molar-refractivity contribution is 0.631. The van der Waals surface area contributed by atoms with E-state index < -0.39 is 0 Å². The second kappa shape index (κ2) is 5.07. The van der Waals surface area contributed by atoms with E-state index in [1.807, 2.05) is 6.07 Å². The summed E-state index contributed by atoms with van der Waals surface area (Å²) in [5.74, 6) is -0.373. The van der Waals surface area contributed by atoms with Crippen molar-refractivity contribution in [2.75, 3.05) is 11.1 Å². The number of nitrogen functional groups attached to an aromatic ring is 1. The van der Waals surface area contributed by atoms with Gasteiger partial charge in [0.05, 0.1) is 28.7 Å². The normalized spacial score (nSPS) is 9.83. The van der Waals surface area contributed by atoms with Crippen LogP contribution in [0.2, 0.25) is 0 Å². The zero-order valence-corrected chi connectivity index (χ0v) is 10.8. The number of benzene rings is 2. The molecule has 0 radical (unpaired) electrons. The summed E-state index contributed by atoms with van der Waals surface area (Å²) in [5, 5.41) is 11.6. The first-order valence-corrected chi connectivity index (χ1v) is 5.91. The third kappa shape index (κ3) is 2.60. The van der Waals surface area contributed by atoms with Crippen LogP contribution >= 0.6 is 15.9 Å². The second-order valence-electron chi connectivity index (χ2n) is 3.66. The smallest absolute Gasteiger partial charge is 0.146 e. The molecule has 3 N–H and O–H groups in total. The third-order valence-electron chi connectivity index (χ3n) is 2.38. The molecule has 2 aromatic rings. The van der Waals surface area contributed by atoms with Crippen LogP contribution in [0.4, 0.5) is 21.5 Å². The zero-order chi connectivity index (χ0) is 13.1. The van der Waals surface area contributed by atoms with E-state index in [1.54, 1.807) is 24.3 Å². The van der Waals surface area contributed by atoms with Gasteiger partial charge in [-0.05, 0) is 36.4 Å². The Kier molecular flexibility index (Phi) is 3.49. The lowest BCUT2D eigenvalue weighted by Crippen LogP contribution is -1.98. The van der Waals surface area contributed by atoms with E-state index in [-0.39, 0.29) is 5.82 Å². The van der Waals surface area contributed by atoms with Crippen molar-refractivity contribution in [2.45, 2.75) is 0 Å². The summed E-state index contributed by atoms with van der Waals surface area (Å²) in [6.07, 6.45) is 0. The first-order chi connectivity index (χ1) is 8.60. The summed E-state index contributed by atoms with van der Waals surface area (Å²) in [7, 11) is 0. The quantitative estimate of drug-likeness (QED) is 0.830. The first kappa shape index (κ1) is 12.4. The van der Waals surface area contributed by atoms with Gasteiger partial charge in [-0.2, -0.15) is 5.26 Å². The molecule has 0 amide bonds. The van der Waals surface area contributed by atoms with Gasteiger partial charge < -0.3 is 11.1 Å². The standard InChI is InChI=1S/C13H9BrFN3/c14-9-2-3-10(15)13(6-9)18-12-4-1-8(7-16)5-11(12)17/h1-6,18H,17H2. The van der Waals surface area contributed by atoms with E-state index in [9.17, 15) is 4.39 Å². The van der Waals surface area contributed by atoms with Crippen molar-refractivity contribution in [3.05, 3.63) is 52.3 Å². The van der Waals surface area contributed by atoms with Gasteiger partial charge in [0, 0.05) is 4.47 Å². The van der Waals surface area contributed by atoms with Crippen LogP contribution < -0.4 is 11.1 Å². The predicted molar refractivity (Wildman–Crippen MR) is 73.0 cm³/mol. The maximum absolute atomic E-state index is 13.6. The SMILES string of the molecule is N#Cc1ccc(Nc2cc(Br)ccc2F)c(N)c1. The Morgan fingerprint density at radius 1 is 1.17 bits per heavy atom.